The Bertz CT molecular complexity index is 396. The fraction of sp³-hybridized carbons (Fsp3) is 0.545. The third kappa shape index (κ3) is 3.90. The predicted octanol–water partition coefficient (Wildman–Crippen LogP) is 1.46. The number of carboxylic acids is 1. The first-order valence-electron chi connectivity index (χ1n) is 5.45. The van der Waals surface area contributed by atoms with E-state index in [-0.39, 0.29) is 6.01 Å². The molecule has 6 heteroatoms. The summed E-state index contributed by atoms with van der Waals surface area (Å²) < 4.78 is 4.93. The summed E-state index contributed by atoms with van der Waals surface area (Å²) in [5.74, 6) is -0.419. The molecular weight excluding hydrogens is 222 g/mol. The summed E-state index contributed by atoms with van der Waals surface area (Å²) in [5, 5.41) is 11.9. The van der Waals surface area contributed by atoms with E-state index in [1.54, 1.807) is 13.0 Å². The molecule has 6 nitrogen and oxygen atoms in total. The lowest BCUT2D eigenvalue weighted by atomic mass is 10.1. The molecule has 1 rings (SSSR count). The molecule has 94 valence electrons. The zero-order valence-electron chi connectivity index (χ0n) is 10.2. The summed E-state index contributed by atoms with van der Waals surface area (Å²) in [4.78, 5) is 19.1. The second-order valence-electron chi connectivity index (χ2n) is 3.71. The molecule has 0 saturated heterocycles. The minimum Gasteiger partial charge on any atom is -0.480 e. The molecule has 1 atom stereocenters. The molecule has 0 aliphatic carbocycles. The number of rotatable bonds is 6. The first-order chi connectivity index (χ1) is 8.06. The zero-order chi connectivity index (χ0) is 12.8. The van der Waals surface area contributed by atoms with Crippen LogP contribution in [0.3, 0.4) is 0 Å². The first-order valence-corrected chi connectivity index (χ1v) is 5.45. The van der Waals surface area contributed by atoms with Crippen LogP contribution in [0.4, 0.5) is 5.82 Å². The van der Waals surface area contributed by atoms with Gasteiger partial charge in [0.25, 0.3) is 0 Å². The highest BCUT2D eigenvalue weighted by molar-refractivity contribution is 5.76. The molecular formula is C11H17N3O3. The van der Waals surface area contributed by atoms with Gasteiger partial charge < -0.3 is 15.2 Å². The summed E-state index contributed by atoms with van der Waals surface area (Å²) in [6.45, 7) is 3.73. The molecule has 0 aliphatic rings. The molecule has 0 spiro atoms. The van der Waals surface area contributed by atoms with Crippen LogP contribution in [0.25, 0.3) is 0 Å². The monoisotopic (exact) mass is 239 g/mol. The molecule has 17 heavy (non-hydrogen) atoms. The molecule has 0 aromatic carbocycles. The lowest BCUT2D eigenvalue weighted by molar-refractivity contribution is -0.138. The highest BCUT2D eigenvalue weighted by Crippen LogP contribution is 2.13. The Morgan fingerprint density at radius 1 is 1.59 bits per heavy atom. The van der Waals surface area contributed by atoms with Crippen LogP contribution < -0.4 is 10.1 Å². The van der Waals surface area contributed by atoms with Crippen molar-refractivity contribution in [2.45, 2.75) is 32.7 Å². The molecule has 0 aliphatic heterocycles. The van der Waals surface area contributed by atoms with E-state index >= 15 is 0 Å². The van der Waals surface area contributed by atoms with Crippen molar-refractivity contribution in [2.24, 2.45) is 0 Å². The van der Waals surface area contributed by atoms with Crippen molar-refractivity contribution in [1.82, 2.24) is 9.97 Å². The Balaban J connectivity index is 2.84. The average molecular weight is 239 g/mol. The molecule has 0 fully saturated rings. The van der Waals surface area contributed by atoms with E-state index in [1.165, 1.54) is 7.11 Å². The Kier molecular flexibility index (Phi) is 4.68. The number of nitrogens with zero attached hydrogens (tertiary/aromatic N) is 2. The number of ether oxygens (including phenoxy) is 1. The molecule has 1 aromatic heterocycles. The number of aliphatic carboxylic acids is 1. The van der Waals surface area contributed by atoms with E-state index in [2.05, 4.69) is 15.3 Å². The van der Waals surface area contributed by atoms with Crippen LogP contribution in [0.15, 0.2) is 6.07 Å². The SMILES string of the molecule is CCCC(Nc1cc(C)nc(OC)n1)C(=O)O. The minimum atomic E-state index is -0.887. The van der Waals surface area contributed by atoms with Gasteiger partial charge in [-0.25, -0.2) is 9.78 Å². The highest BCUT2D eigenvalue weighted by Gasteiger charge is 2.17. The number of hydrogen-bond donors (Lipinski definition) is 2. The van der Waals surface area contributed by atoms with Gasteiger partial charge in [-0.05, 0) is 13.3 Å². The maximum absolute atomic E-state index is 11.0. The van der Waals surface area contributed by atoms with E-state index in [4.69, 9.17) is 9.84 Å². The van der Waals surface area contributed by atoms with Gasteiger partial charge in [-0.3, -0.25) is 0 Å². The molecule has 2 N–H and O–H groups in total. The van der Waals surface area contributed by atoms with Crippen LogP contribution in [-0.2, 0) is 4.79 Å². The van der Waals surface area contributed by atoms with E-state index in [0.29, 0.717) is 12.2 Å². The number of carbonyl (C=O) groups is 1. The third-order valence-corrected chi connectivity index (χ3v) is 2.21. The quantitative estimate of drug-likeness (QED) is 0.781. The molecule has 0 saturated carbocycles. The van der Waals surface area contributed by atoms with Crippen molar-refractivity contribution in [1.29, 1.82) is 0 Å². The topological polar surface area (TPSA) is 84.3 Å². The van der Waals surface area contributed by atoms with Gasteiger partial charge in [0.2, 0.25) is 0 Å². The van der Waals surface area contributed by atoms with Crippen molar-refractivity contribution in [3.8, 4) is 6.01 Å². The molecule has 0 radical (unpaired) electrons. The third-order valence-electron chi connectivity index (χ3n) is 2.21. The van der Waals surface area contributed by atoms with E-state index in [9.17, 15) is 4.79 Å². The molecule has 1 aromatic rings. The molecule has 0 amide bonds. The second kappa shape index (κ2) is 6.03. The number of hydrogen-bond acceptors (Lipinski definition) is 5. The number of anilines is 1. The van der Waals surface area contributed by atoms with Gasteiger partial charge in [0.1, 0.15) is 11.9 Å². The van der Waals surface area contributed by atoms with Crippen LogP contribution >= 0.6 is 0 Å². The predicted molar refractivity (Wildman–Crippen MR) is 63.3 cm³/mol. The largest absolute Gasteiger partial charge is 0.480 e. The van der Waals surface area contributed by atoms with E-state index in [1.807, 2.05) is 6.92 Å². The van der Waals surface area contributed by atoms with Gasteiger partial charge in [-0.15, -0.1) is 0 Å². The minimum absolute atomic E-state index is 0.230. The zero-order valence-corrected chi connectivity index (χ0v) is 10.2. The van der Waals surface area contributed by atoms with Crippen molar-refractivity contribution in [3.05, 3.63) is 11.8 Å². The average Bonchev–Trinajstić information content (AvgIpc) is 2.27. The summed E-state index contributed by atoms with van der Waals surface area (Å²) in [6, 6.07) is 1.28. The van der Waals surface area contributed by atoms with Gasteiger partial charge in [-0.1, -0.05) is 13.3 Å². The number of carboxylic acid groups (broad SMARTS) is 1. The maximum Gasteiger partial charge on any atom is 0.326 e. The van der Waals surface area contributed by atoms with Crippen molar-refractivity contribution in [3.63, 3.8) is 0 Å². The van der Waals surface area contributed by atoms with E-state index in [0.717, 1.165) is 12.1 Å². The number of methoxy groups -OCH3 is 1. The lowest BCUT2D eigenvalue weighted by Gasteiger charge is -2.14. The number of aromatic nitrogens is 2. The van der Waals surface area contributed by atoms with Crippen LogP contribution in [0.5, 0.6) is 6.01 Å². The summed E-state index contributed by atoms with van der Waals surface area (Å²) in [7, 11) is 1.47. The Labute approximate surface area is 100 Å². The fourth-order valence-corrected chi connectivity index (χ4v) is 1.43. The number of nitrogens with one attached hydrogen (secondary N) is 1. The maximum atomic E-state index is 11.0. The smallest absolute Gasteiger partial charge is 0.326 e. The summed E-state index contributed by atoms with van der Waals surface area (Å²) in [6.07, 6.45) is 1.33. The van der Waals surface area contributed by atoms with Gasteiger partial charge in [0.15, 0.2) is 0 Å². The Morgan fingerprint density at radius 3 is 2.82 bits per heavy atom. The molecule has 1 heterocycles. The fourth-order valence-electron chi connectivity index (χ4n) is 1.43. The first kappa shape index (κ1) is 13.2. The lowest BCUT2D eigenvalue weighted by Crippen LogP contribution is -2.29. The normalized spacial score (nSPS) is 11.9. The molecule has 1 unspecified atom stereocenters. The summed E-state index contributed by atoms with van der Waals surface area (Å²) >= 11 is 0. The van der Waals surface area contributed by atoms with Crippen LogP contribution in [-0.4, -0.2) is 34.2 Å². The second-order valence-corrected chi connectivity index (χ2v) is 3.71. The standard InChI is InChI=1S/C11H17N3O3/c1-4-5-8(10(15)16)13-9-6-7(2)12-11(14-9)17-3/h6,8H,4-5H2,1-3H3,(H,15,16)(H,12,13,14). The van der Waals surface area contributed by atoms with E-state index < -0.39 is 12.0 Å². The van der Waals surface area contributed by atoms with Gasteiger partial charge in [0.05, 0.1) is 7.11 Å². The van der Waals surface area contributed by atoms with Crippen LogP contribution in [0.1, 0.15) is 25.5 Å². The van der Waals surface area contributed by atoms with Crippen molar-refractivity contribution >= 4 is 11.8 Å². The van der Waals surface area contributed by atoms with Crippen molar-refractivity contribution < 1.29 is 14.6 Å². The molecule has 0 bridgehead atoms. The van der Waals surface area contributed by atoms with Crippen molar-refractivity contribution in [2.75, 3.05) is 12.4 Å². The highest BCUT2D eigenvalue weighted by atomic mass is 16.5. The number of aryl methyl sites for hydroxylation is 1. The van der Waals surface area contributed by atoms with Gasteiger partial charge in [-0.2, -0.15) is 4.98 Å². The van der Waals surface area contributed by atoms with Crippen LogP contribution in [0.2, 0.25) is 0 Å². The van der Waals surface area contributed by atoms with Gasteiger partial charge >= 0.3 is 12.0 Å². The Hall–Kier alpha value is -1.85. The summed E-state index contributed by atoms with van der Waals surface area (Å²) in [5.41, 5.74) is 0.722. The van der Waals surface area contributed by atoms with Gasteiger partial charge in [0, 0.05) is 11.8 Å². The Morgan fingerprint density at radius 2 is 2.29 bits per heavy atom. The van der Waals surface area contributed by atoms with Crippen LogP contribution in [0, 0.1) is 6.92 Å².